The monoisotopic (exact) mass is 534 g/mol. The van der Waals surface area contributed by atoms with Crippen molar-refractivity contribution in [2.45, 2.75) is 32.0 Å². The highest BCUT2D eigenvalue weighted by Gasteiger charge is 2.43. The van der Waals surface area contributed by atoms with Crippen LogP contribution in [0.4, 0.5) is 8.78 Å². The normalized spacial score (nSPS) is 15.2. The molecule has 0 unspecified atom stereocenters. The highest BCUT2D eigenvalue weighted by atomic mass is 35.5. The first-order valence-electron chi connectivity index (χ1n) is 12.2. The van der Waals surface area contributed by atoms with Gasteiger partial charge in [-0.1, -0.05) is 35.9 Å². The van der Waals surface area contributed by atoms with Crippen molar-refractivity contribution in [3.8, 4) is 28.7 Å². The van der Waals surface area contributed by atoms with Crippen LogP contribution < -0.4 is 5.76 Å². The maximum absolute atomic E-state index is 15.4. The SMILES string of the molecule is CC(C)(F)[C@H](c1cc(F)cc(C#N)c1)C1CN(Cc2cccc(-c3n[nH]c(=O)o3)c2-c2ccc(Cl)cc2)C1. The summed E-state index contributed by atoms with van der Waals surface area (Å²) >= 11 is 6.12. The number of nitrogens with zero attached hydrogens (tertiary/aromatic N) is 3. The molecule has 0 bridgehead atoms. The Kier molecular flexibility index (Phi) is 6.91. The molecule has 1 aliphatic heterocycles. The second-order valence-electron chi connectivity index (χ2n) is 10.1. The van der Waals surface area contributed by atoms with Crippen LogP contribution >= 0.6 is 11.6 Å². The summed E-state index contributed by atoms with van der Waals surface area (Å²) in [5.41, 5.74) is 2.44. The average Bonchev–Trinajstić information content (AvgIpc) is 3.28. The van der Waals surface area contributed by atoms with Crippen molar-refractivity contribution in [1.29, 1.82) is 5.26 Å². The number of likely N-dealkylation sites (tertiary alicyclic amines) is 1. The van der Waals surface area contributed by atoms with Crippen LogP contribution in [-0.2, 0) is 6.54 Å². The summed E-state index contributed by atoms with van der Waals surface area (Å²) in [5, 5.41) is 16.2. The molecule has 0 saturated carbocycles. The third kappa shape index (κ3) is 5.26. The summed E-state index contributed by atoms with van der Waals surface area (Å²) in [6.45, 7) is 4.74. The second-order valence-corrected chi connectivity index (χ2v) is 10.6. The van der Waals surface area contributed by atoms with Crippen molar-refractivity contribution < 1.29 is 13.2 Å². The third-order valence-corrected chi connectivity index (χ3v) is 7.20. The van der Waals surface area contributed by atoms with E-state index < -0.39 is 23.2 Å². The van der Waals surface area contributed by atoms with Gasteiger partial charge in [-0.2, -0.15) is 5.26 Å². The van der Waals surface area contributed by atoms with Crippen molar-refractivity contribution in [3.05, 3.63) is 98.7 Å². The number of benzene rings is 3. The van der Waals surface area contributed by atoms with Gasteiger partial charge in [0.05, 0.1) is 11.6 Å². The van der Waals surface area contributed by atoms with Gasteiger partial charge < -0.3 is 4.42 Å². The molecule has 1 aromatic heterocycles. The summed E-state index contributed by atoms with van der Waals surface area (Å²) in [6.07, 6.45) is 0. The Morgan fingerprint density at radius 1 is 1.21 bits per heavy atom. The smallest absolute Gasteiger partial charge is 0.388 e. The lowest BCUT2D eigenvalue weighted by Gasteiger charge is -2.47. The van der Waals surface area contributed by atoms with E-state index in [1.54, 1.807) is 18.2 Å². The van der Waals surface area contributed by atoms with E-state index >= 15 is 4.39 Å². The van der Waals surface area contributed by atoms with Gasteiger partial charge in [0.25, 0.3) is 0 Å². The van der Waals surface area contributed by atoms with E-state index in [0.29, 0.717) is 35.8 Å². The number of nitrogens with one attached hydrogen (secondary N) is 1. The zero-order chi connectivity index (χ0) is 27.0. The van der Waals surface area contributed by atoms with E-state index in [0.717, 1.165) is 22.8 Å². The molecule has 1 atom stereocenters. The Bertz CT molecular complexity index is 1560. The second kappa shape index (κ2) is 10.2. The van der Waals surface area contributed by atoms with Crippen molar-refractivity contribution in [1.82, 2.24) is 15.1 Å². The Labute approximate surface area is 223 Å². The van der Waals surface area contributed by atoms with Gasteiger partial charge in [0, 0.05) is 36.1 Å². The van der Waals surface area contributed by atoms with Crippen LogP contribution in [0.1, 0.15) is 36.5 Å². The number of hydrogen-bond donors (Lipinski definition) is 1. The number of hydrogen-bond acceptors (Lipinski definition) is 5. The molecule has 1 saturated heterocycles. The number of aromatic nitrogens is 2. The van der Waals surface area contributed by atoms with Crippen LogP contribution in [0.25, 0.3) is 22.6 Å². The van der Waals surface area contributed by atoms with Gasteiger partial charge in [-0.05, 0) is 78.4 Å². The average molecular weight is 535 g/mol. The standard InChI is InChI=1S/C29H25ClF2N4O2/c1-29(2,32)26(20-10-17(13-33)11-23(31)12-20)21-15-36(16-21)14-19-4-3-5-24(27-34-35-28(37)38-27)25(19)18-6-8-22(30)9-7-18/h3-12,21,26H,14-16H2,1-2H3,(H,35,37)/t26-/m1/s1. The van der Waals surface area contributed by atoms with Crippen molar-refractivity contribution >= 4 is 11.6 Å². The molecular weight excluding hydrogens is 510 g/mol. The fourth-order valence-electron chi connectivity index (χ4n) is 5.49. The lowest BCUT2D eigenvalue weighted by Crippen LogP contribution is -2.52. The van der Waals surface area contributed by atoms with Gasteiger partial charge in [0.2, 0.25) is 5.89 Å². The number of halogens is 3. The van der Waals surface area contributed by atoms with E-state index in [1.165, 1.54) is 19.9 Å². The minimum atomic E-state index is -1.61. The molecule has 0 aliphatic carbocycles. The maximum Gasteiger partial charge on any atom is 0.434 e. The highest BCUT2D eigenvalue weighted by Crippen LogP contribution is 2.43. The van der Waals surface area contributed by atoms with Crippen LogP contribution in [0.5, 0.6) is 0 Å². The summed E-state index contributed by atoms with van der Waals surface area (Å²) in [4.78, 5) is 13.8. The summed E-state index contributed by atoms with van der Waals surface area (Å²) in [5.74, 6) is -1.63. The predicted octanol–water partition coefficient (Wildman–Crippen LogP) is 6.32. The number of nitriles is 1. The fraction of sp³-hybridized carbons (Fsp3) is 0.276. The highest BCUT2D eigenvalue weighted by molar-refractivity contribution is 6.30. The molecule has 4 aromatic rings. The molecule has 9 heteroatoms. The van der Waals surface area contributed by atoms with E-state index in [1.807, 2.05) is 36.4 Å². The molecule has 1 aliphatic rings. The van der Waals surface area contributed by atoms with E-state index in [2.05, 4.69) is 15.1 Å². The molecular formula is C29H25ClF2N4O2. The molecule has 1 fully saturated rings. The molecule has 0 spiro atoms. The van der Waals surface area contributed by atoms with Gasteiger partial charge >= 0.3 is 5.76 Å². The zero-order valence-corrected chi connectivity index (χ0v) is 21.6. The summed E-state index contributed by atoms with van der Waals surface area (Å²) in [7, 11) is 0. The van der Waals surface area contributed by atoms with Crippen LogP contribution in [0, 0.1) is 23.1 Å². The Morgan fingerprint density at radius 2 is 1.95 bits per heavy atom. The van der Waals surface area contributed by atoms with Crippen LogP contribution in [-0.4, -0.2) is 33.9 Å². The molecule has 3 aromatic carbocycles. The minimum absolute atomic E-state index is 0.0603. The first-order chi connectivity index (χ1) is 18.1. The molecule has 0 amide bonds. The van der Waals surface area contributed by atoms with Gasteiger partial charge in [0.1, 0.15) is 11.5 Å². The largest absolute Gasteiger partial charge is 0.434 e. The predicted molar refractivity (Wildman–Crippen MR) is 141 cm³/mol. The van der Waals surface area contributed by atoms with Crippen molar-refractivity contribution in [3.63, 3.8) is 0 Å². The Balaban J connectivity index is 1.44. The van der Waals surface area contributed by atoms with E-state index in [9.17, 15) is 14.4 Å². The summed E-state index contributed by atoms with van der Waals surface area (Å²) < 4.78 is 34.9. The summed E-state index contributed by atoms with van der Waals surface area (Å²) in [6, 6.07) is 19.1. The fourth-order valence-corrected chi connectivity index (χ4v) is 5.61. The third-order valence-electron chi connectivity index (χ3n) is 6.95. The molecule has 38 heavy (non-hydrogen) atoms. The van der Waals surface area contributed by atoms with Crippen LogP contribution in [0.2, 0.25) is 5.02 Å². The van der Waals surface area contributed by atoms with Crippen LogP contribution in [0.3, 0.4) is 0 Å². The zero-order valence-electron chi connectivity index (χ0n) is 20.8. The first kappa shape index (κ1) is 25.8. The molecule has 194 valence electrons. The lowest BCUT2D eigenvalue weighted by atomic mass is 9.72. The molecule has 6 nitrogen and oxygen atoms in total. The van der Waals surface area contributed by atoms with E-state index in [-0.39, 0.29) is 17.4 Å². The van der Waals surface area contributed by atoms with Gasteiger partial charge in [-0.15, -0.1) is 5.10 Å². The Morgan fingerprint density at radius 3 is 2.58 bits per heavy atom. The molecule has 5 rings (SSSR count). The quantitative estimate of drug-likeness (QED) is 0.299. The molecule has 1 N–H and O–H groups in total. The number of aromatic amines is 1. The number of rotatable bonds is 7. The number of H-pyrrole nitrogens is 1. The Hall–Kier alpha value is -3.80. The first-order valence-corrected chi connectivity index (χ1v) is 12.6. The topological polar surface area (TPSA) is 85.9 Å². The van der Waals surface area contributed by atoms with Gasteiger partial charge in [0.15, 0.2) is 0 Å². The van der Waals surface area contributed by atoms with Crippen molar-refractivity contribution in [2.24, 2.45) is 5.92 Å². The number of alkyl halides is 1. The molecule has 0 radical (unpaired) electrons. The maximum atomic E-state index is 15.4. The van der Waals surface area contributed by atoms with E-state index in [4.69, 9.17) is 16.0 Å². The van der Waals surface area contributed by atoms with Gasteiger partial charge in [-0.25, -0.2) is 18.7 Å². The minimum Gasteiger partial charge on any atom is -0.388 e. The van der Waals surface area contributed by atoms with Gasteiger partial charge in [-0.3, -0.25) is 4.90 Å². The lowest BCUT2D eigenvalue weighted by molar-refractivity contribution is 0.0213. The van der Waals surface area contributed by atoms with Crippen LogP contribution in [0.15, 0.2) is 69.9 Å². The van der Waals surface area contributed by atoms with Crippen molar-refractivity contribution in [2.75, 3.05) is 13.1 Å². The molecule has 2 heterocycles.